The third kappa shape index (κ3) is 4.77. The maximum atomic E-state index is 12.9. The number of benzene rings is 1. The molecule has 1 aromatic carbocycles. The van der Waals surface area contributed by atoms with Crippen LogP contribution in [0.2, 0.25) is 0 Å². The van der Waals surface area contributed by atoms with Crippen molar-refractivity contribution in [3.8, 4) is 11.5 Å². The molecule has 0 heterocycles. The smallest absolute Gasteiger partial charge is 0.330 e. The number of phenolic OH excluding ortho intramolecular Hbond substituents is 2. The fraction of sp³-hybridized carbons (Fsp3) is 0.692. The van der Waals surface area contributed by atoms with Crippen LogP contribution in [-0.4, -0.2) is 45.1 Å². The number of phenols is 2. The summed E-state index contributed by atoms with van der Waals surface area (Å²) in [6.45, 7) is 14.2. The van der Waals surface area contributed by atoms with E-state index in [1.807, 2.05) is 0 Å². The van der Waals surface area contributed by atoms with Crippen LogP contribution in [0.5, 0.6) is 11.5 Å². The zero-order valence-corrected chi connectivity index (χ0v) is 28.6. The molecule has 7 heteroatoms. The number of allylic oxidation sites excluding steroid dienone is 2. The highest BCUT2D eigenvalue weighted by atomic mass is 16.5. The van der Waals surface area contributed by atoms with E-state index in [0.29, 0.717) is 17.9 Å². The van der Waals surface area contributed by atoms with Gasteiger partial charge < -0.3 is 25.2 Å². The van der Waals surface area contributed by atoms with Crippen molar-refractivity contribution in [2.45, 2.75) is 112 Å². The summed E-state index contributed by atoms with van der Waals surface area (Å²) in [5.41, 5.74) is 0.719. The van der Waals surface area contributed by atoms with Gasteiger partial charge in [-0.15, -0.1) is 0 Å². The molecule has 6 rings (SSSR count). The van der Waals surface area contributed by atoms with Crippen molar-refractivity contribution in [2.75, 3.05) is 6.61 Å². The Hall–Kier alpha value is -2.80. The number of aliphatic hydroxyl groups excluding tert-OH is 1. The van der Waals surface area contributed by atoms with Crippen LogP contribution in [0, 0.1) is 50.2 Å². The number of aliphatic hydroxyl groups is 1. The predicted molar refractivity (Wildman–Crippen MR) is 177 cm³/mol. The molecule has 46 heavy (non-hydrogen) atoms. The standard InChI is InChI=1S/C39H54O7/c1-34(2)17-19-39(33(44)45)20-18-37(5)25(26(39)22-34)9-11-30-35(3)15-14-31(42)36(4,29(35)13-16-38(30,37)6)23-46-32(43)12-8-24-7-10-27(40)28(41)21-24/h7-10,12,21,26,29-31,40-42H,11,13-20,22-23H2,1-6H3,(H,44,45)/b12-8+/t26-,29-,30-,31+,35+,36+,37-,38-,39+/m1/s1. The number of hydrogen-bond acceptors (Lipinski definition) is 6. The molecule has 0 bridgehead atoms. The number of carboxylic acid groups (broad SMARTS) is 1. The number of carboxylic acids is 1. The molecule has 0 unspecified atom stereocenters. The lowest BCUT2D eigenvalue weighted by Gasteiger charge is -2.71. The minimum atomic E-state index is -0.653. The van der Waals surface area contributed by atoms with Crippen molar-refractivity contribution in [3.05, 3.63) is 41.5 Å². The highest BCUT2D eigenvalue weighted by Gasteiger charge is 2.69. The Labute approximate surface area is 274 Å². The fourth-order valence-corrected chi connectivity index (χ4v) is 11.7. The van der Waals surface area contributed by atoms with Gasteiger partial charge in [-0.3, -0.25) is 4.79 Å². The lowest BCUT2D eigenvalue weighted by molar-refractivity contribution is -0.219. The quantitative estimate of drug-likeness (QED) is 0.112. The molecule has 9 atom stereocenters. The second-order valence-corrected chi connectivity index (χ2v) is 17.4. The minimum absolute atomic E-state index is 0.00683. The van der Waals surface area contributed by atoms with Crippen molar-refractivity contribution < 1.29 is 34.8 Å². The molecule has 0 amide bonds. The lowest BCUT2D eigenvalue weighted by atomic mass is 9.33. The summed E-state index contributed by atoms with van der Waals surface area (Å²) in [6, 6.07) is 4.35. The van der Waals surface area contributed by atoms with Crippen LogP contribution in [0.1, 0.15) is 111 Å². The average molecular weight is 635 g/mol. The number of esters is 1. The van der Waals surface area contributed by atoms with E-state index in [2.05, 4.69) is 47.6 Å². The van der Waals surface area contributed by atoms with Gasteiger partial charge in [-0.1, -0.05) is 59.3 Å². The molecule has 4 saturated carbocycles. The van der Waals surface area contributed by atoms with Crippen LogP contribution < -0.4 is 0 Å². The van der Waals surface area contributed by atoms with E-state index in [1.165, 1.54) is 23.8 Å². The number of carbonyl (C=O) groups excluding carboxylic acids is 1. The topological polar surface area (TPSA) is 124 Å². The molecule has 7 nitrogen and oxygen atoms in total. The Balaban J connectivity index is 1.27. The molecular weight excluding hydrogens is 580 g/mol. The van der Waals surface area contributed by atoms with Crippen molar-refractivity contribution >= 4 is 18.0 Å². The summed E-state index contributed by atoms with van der Waals surface area (Å²) in [6.07, 6.45) is 13.5. The summed E-state index contributed by atoms with van der Waals surface area (Å²) in [5, 5.41) is 41.4. The number of carbonyl (C=O) groups is 2. The Morgan fingerprint density at radius 3 is 2.33 bits per heavy atom. The van der Waals surface area contributed by atoms with E-state index in [-0.39, 0.29) is 51.6 Å². The van der Waals surface area contributed by atoms with E-state index in [1.54, 1.807) is 12.1 Å². The molecule has 4 N–H and O–H groups in total. The Bertz CT molecular complexity index is 1480. The first-order valence-corrected chi connectivity index (χ1v) is 17.4. The number of fused-ring (bicyclic) bond motifs is 7. The number of rotatable bonds is 5. The van der Waals surface area contributed by atoms with Crippen LogP contribution in [0.15, 0.2) is 35.9 Å². The maximum Gasteiger partial charge on any atom is 0.330 e. The molecule has 1 aromatic rings. The first-order valence-electron chi connectivity index (χ1n) is 17.4. The van der Waals surface area contributed by atoms with Crippen molar-refractivity contribution in [3.63, 3.8) is 0 Å². The van der Waals surface area contributed by atoms with Gasteiger partial charge in [0.25, 0.3) is 0 Å². The van der Waals surface area contributed by atoms with Gasteiger partial charge in [-0.2, -0.15) is 0 Å². The second-order valence-electron chi connectivity index (χ2n) is 17.4. The first kappa shape index (κ1) is 33.1. The van der Waals surface area contributed by atoms with Gasteiger partial charge in [0.1, 0.15) is 0 Å². The van der Waals surface area contributed by atoms with E-state index in [9.17, 15) is 30.0 Å². The van der Waals surface area contributed by atoms with Crippen LogP contribution in [0.25, 0.3) is 6.08 Å². The average Bonchev–Trinajstić information content (AvgIpc) is 2.99. The molecular formula is C39H54O7. The minimum Gasteiger partial charge on any atom is -0.504 e. The predicted octanol–water partition coefficient (Wildman–Crippen LogP) is 7.88. The fourth-order valence-electron chi connectivity index (χ4n) is 11.7. The Morgan fingerprint density at radius 2 is 1.63 bits per heavy atom. The van der Waals surface area contributed by atoms with E-state index < -0.39 is 28.9 Å². The lowest BCUT2D eigenvalue weighted by Crippen LogP contribution is -2.66. The molecule has 0 saturated heterocycles. The van der Waals surface area contributed by atoms with Crippen LogP contribution in [0.4, 0.5) is 0 Å². The SMILES string of the molecule is CC1(C)CC[C@]2(C(=O)O)CC[C@]3(C)C(=CC[C@@H]4[C@@]5(C)CC[C@H](O)[C@@](C)(COC(=O)/C=C/c6ccc(O)c(O)c6)[C@@H]5CC[C@]43C)[C@H]2C1. The zero-order valence-electron chi connectivity index (χ0n) is 28.6. The number of aliphatic carboxylic acids is 1. The molecule has 0 radical (unpaired) electrons. The van der Waals surface area contributed by atoms with Crippen LogP contribution in [-0.2, 0) is 14.3 Å². The van der Waals surface area contributed by atoms with E-state index in [0.717, 1.165) is 57.8 Å². The highest BCUT2D eigenvalue weighted by Crippen LogP contribution is 2.75. The van der Waals surface area contributed by atoms with Crippen molar-refractivity contribution in [1.29, 1.82) is 0 Å². The number of aromatic hydroxyl groups is 2. The first-order chi connectivity index (χ1) is 21.4. The molecule has 0 spiro atoms. The zero-order chi connectivity index (χ0) is 33.5. The van der Waals surface area contributed by atoms with E-state index in [4.69, 9.17) is 4.74 Å². The maximum absolute atomic E-state index is 12.9. The molecule has 0 aromatic heterocycles. The van der Waals surface area contributed by atoms with Gasteiger partial charge >= 0.3 is 11.9 Å². The third-order valence-corrected chi connectivity index (χ3v) is 14.8. The van der Waals surface area contributed by atoms with Gasteiger partial charge in [0.15, 0.2) is 11.5 Å². The van der Waals surface area contributed by atoms with Gasteiger partial charge in [-0.25, -0.2) is 4.79 Å². The largest absolute Gasteiger partial charge is 0.504 e. The Kier molecular flexibility index (Phi) is 7.82. The van der Waals surface area contributed by atoms with Crippen molar-refractivity contribution in [1.82, 2.24) is 0 Å². The summed E-state index contributed by atoms with van der Waals surface area (Å²) >= 11 is 0. The summed E-state index contributed by atoms with van der Waals surface area (Å²) in [5.74, 6) is -0.973. The summed E-state index contributed by atoms with van der Waals surface area (Å²) in [7, 11) is 0. The summed E-state index contributed by atoms with van der Waals surface area (Å²) < 4.78 is 5.84. The number of hydrogen-bond donors (Lipinski definition) is 4. The van der Waals surface area contributed by atoms with Gasteiger partial charge in [0.05, 0.1) is 18.1 Å². The van der Waals surface area contributed by atoms with E-state index >= 15 is 0 Å². The molecule has 0 aliphatic heterocycles. The van der Waals surface area contributed by atoms with Crippen LogP contribution in [0.3, 0.4) is 0 Å². The normalized spacial score (nSPS) is 43.0. The van der Waals surface area contributed by atoms with Gasteiger partial charge in [0.2, 0.25) is 0 Å². The molecule has 5 aliphatic carbocycles. The highest BCUT2D eigenvalue weighted by molar-refractivity contribution is 5.87. The molecule has 4 fully saturated rings. The van der Waals surface area contributed by atoms with Gasteiger partial charge in [-0.05, 0) is 127 Å². The second kappa shape index (κ2) is 10.9. The van der Waals surface area contributed by atoms with Crippen molar-refractivity contribution in [2.24, 2.45) is 50.2 Å². The monoisotopic (exact) mass is 634 g/mol. The third-order valence-electron chi connectivity index (χ3n) is 14.8. The summed E-state index contributed by atoms with van der Waals surface area (Å²) in [4.78, 5) is 25.8. The van der Waals surface area contributed by atoms with Crippen LogP contribution >= 0.6 is 0 Å². The Morgan fingerprint density at radius 1 is 0.913 bits per heavy atom. The molecule has 252 valence electrons. The van der Waals surface area contributed by atoms with Gasteiger partial charge in [0, 0.05) is 11.5 Å². The molecule has 5 aliphatic rings. The number of ether oxygens (including phenoxy) is 1.